The fraction of sp³-hybridized carbons (Fsp3) is 0.500. The number of ether oxygens (including phenoxy) is 1. The maximum atomic E-state index is 5.42. The smallest absolute Gasteiger partial charge is 0.0733 e. The molecule has 0 amide bonds. The van der Waals surface area contributed by atoms with E-state index in [0.29, 0.717) is 5.92 Å². The van der Waals surface area contributed by atoms with Crippen LogP contribution in [0.3, 0.4) is 0 Å². The Morgan fingerprint density at radius 2 is 2.12 bits per heavy atom. The minimum Gasteiger partial charge on any atom is -0.381 e. The highest BCUT2D eigenvalue weighted by Gasteiger charge is 2.19. The molecule has 1 aromatic rings. The van der Waals surface area contributed by atoms with Crippen LogP contribution in [0.25, 0.3) is 12.2 Å². The molecular formula is C14H18N2O. The van der Waals surface area contributed by atoms with E-state index in [1.165, 1.54) is 16.3 Å². The van der Waals surface area contributed by atoms with E-state index in [9.17, 15) is 0 Å². The van der Waals surface area contributed by atoms with Crippen molar-refractivity contribution < 1.29 is 4.74 Å². The Balaban J connectivity index is 2.04. The first-order valence-electron chi connectivity index (χ1n) is 6.44. The summed E-state index contributed by atoms with van der Waals surface area (Å²) in [4.78, 5) is 0. The molecule has 0 aromatic carbocycles. The van der Waals surface area contributed by atoms with Crippen LogP contribution in [-0.4, -0.2) is 23.4 Å². The highest BCUT2D eigenvalue weighted by molar-refractivity contribution is 5.42. The van der Waals surface area contributed by atoms with Crippen LogP contribution in [0.1, 0.15) is 37.3 Å². The molecule has 1 saturated heterocycles. The molecule has 0 saturated carbocycles. The van der Waals surface area contributed by atoms with E-state index in [0.717, 1.165) is 38.9 Å². The highest BCUT2D eigenvalue weighted by atomic mass is 16.5. The summed E-state index contributed by atoms with van der Waals surface area (Å²) in [7, 11) is 0. The number of fused-ring (bicyclic) bond motifs is 1. The molecule has 1 aliphatic heterocycles. The first-order chi connectivity index (χ1) is 8.45. The number of nitrogens with zero attached hydrogens (tertiary/aromatic N) is 1. The third kappa shape index (κ3) is 2.20. The van der Waals surface area contributed by atoms with E-state index >= 15 is 0 Å². The normalized spacial score (nSPS) is 20.9. The van der Waals surface area contributed by atoms with Crippen LogP contribution in [-0.2, 0) is 4.74 Å². The molecule has 0 atom stereocenters. The van der Waals surface area contributed by atoms with Gasteiger partial charge < -0.3 is 4.74 Å². The molecule has 0 radical (unpaired) electrons. The topological polar surface area (TPSA) is 37.9 Å². The number of allylic oxidation sites excluding steroid dienone is 2. The van der Waals surface area contributed by atoms with Crippen LogP contribution in [0.5, 0.6) is 0 Å². The van der Waals surface area contributed by atoms with Crippen molar-refractivity contribution in [2.24, 2.45) is 0 Å². The fourth-order valence-electron chi connectivity index (χ4n) is 2.58. The van der Waals surface area contributed by atoms with Crippen LogP contribution in [0.15, 0.2) is 12.2 Å². The lowest BCUT2D eigenvalue weighted by Crippen LogP contribution is -2.28. The lowest BCUT2D eigenvalue weighted by molar-refractivity contribution is 0.0843. The van der Waals surface area contributed by atoms with E-state index in [1.807, 2.05) is 0 Å². The minimum absolute atomic E-state index is 0.557. The largest absolute Gasteiger partial charge is 0.381 e. The van der Waals surface area contributed by atoms with Gasteiger partial charge in [0.05, 0.1) is 11.0 Å². The van der Waals surface area contributed by atoms with Gasteiger partial charge in [0.25, 0.3) is 0 Å². The third-order valence-corrected chi connectivity index (χ3v) is 3.55. The summed E-state index contributed by atoms with van der Waals surface area (Å²) >= 11 is 0. The SMILES string of the molecule is C1=CCCC=c2[nH]nc(C3CCOCC3)c2=C1. The molecule has 2 aliphatic rings. The van der Waals surface area contributed by atoms with Gasteiger partial charge in [-0.15, -0.1) is 0 Å². The lowest BCUT2D eigenvalue weighted by atomic mass is 9.95. The van der Waals surface area contributed by atoms with Crippen molar-refractivity contribution in [3.63, 3.8) is 0 Å². The molecule has 0 unspecified atom stereocenters. The van der Waals surface area contributed by atoms with Crippen LogP contribution in [0, 0.1) is 0 Å². The van der Waals surface area contributed by atoms with Crippen molar-refractivity contribution >= 4 is 12.2 Å². The van der Waals surface area contributed by atoms with E-state index in [-0.39, 0.29) is 0 Å². The van der Waals surface area contributed by atoms with Crippen LogP contribution in [0.2, 0.25) is 0 Å². The second-order valence-electron chi connectivity index (χ2n) is 4.70. The Morgan fingerprint density at radius 1 is 1.24 bits per heavy atom. The number of hydrogen-bond acceptors (Lipinski definition) is 2. The Labute approximate surface area is 101 Å². The number of aromatic amines is 1. The molecule has 90 valence electrons. The van der Waals surface area contributed by atoms with Crippen LogP contribution < -0.4 is 10.6 Å². The molecule has 0 spiro atoms. The molecule has 3 nitrogen and oxygen atoms in total. The van der Waals surface area contributed by atoms with Gasteiger partial charge in [-0.25, -0.2) is 0 Å². The van der Waals surface area contributed by atoms with Crippen molar-refractivity contribution in [1.29, 1.82) is 0 Å². The first-order valence-corrected chi connectivity index (χ1v) is 6.44. The summed E-state index contributed by atoms with van der Waals surface area (Å²) in [5, 5.41) is 10.2. The van der Waals surface area contributed by atoms with Gasteiger partial charge in [0, 0.05) is 24.4 Å². The molecule has 1 aliphatic carbocycles. The maximum Gasteiger partial charge on any atom is 0.0733 e. The standard InChI is InChI=1S/C14H18N2O/c1-2-4-6-13-12(5-3-1)14(16-15-13)11-7-9-17-10-8-11/h1,3,5-6,11,15H,2,4,7-10H2. The second-order valence-corrected chi connectivity index (χ2v) is 4.70. The van der Waals surface area contributed by atoms with E-state index in [1.54, 1.807) is 0 Å². The summed E-state index contributed by atoms with van der Waals surface area (Å²) < 4.78 is 5.42. The van der Waals surface area contributed by atoms with Gasteiger partial charge in [-0.2, -0.15) is 5.10 Å². The van der Waals surface area contributed by atoms with Gasteiger partial charge in [0.2, 0.25) is 0 Å². The Hall–Kier alpha value is -1.35. The Morgan fingerprint density at radius 3 is 3.00 bits per heavy atom. The van der Waals surface area contributed by atoms with Gasteiger partial charge in [-0.3, -0.25) is 5.10 Å². The number of rotatable bonds is 1. The monoisotopic (exact) mass is 230 g/mol. The fourth-order valence-corrected chi connectivity index (χ4v) is 2.58. The average Bonchev–Trinajstić information content (AvgIpc) is 2.72. The molecular weight excluding hydrogens is 212 g/mol. The van der Waals surface area contributed by atoms with Gasteiger partial charge in [-0.05, 0) is 25.7 Å². The molecule has 0 bridgehead atoms. The first kappa shape index (κ1) is 10.8. The zero-order chi connectivity index (χ0) is 11.5. The van der Waals surface area contributed by atoms with Crippen molar-refractivity contribution in [2.75, 3.05) is 13.2 Å². The number of nitrogens with one attached hydrogen (secondary N) is 1. The summed E-state index contributed by atoms with van der Waals surface area (Å²) in [6, 6.07) is 0. The van der Waals surface area contributed by atoms with Gasteiger partial charge in [-0.1, -0.05) is 24.3 Å². The predicted molar refractivity (Wildman–Crippen MR) is 67.9 cm³/mol. The predicted octanol–water partition coefficient (Wildman–Crippen LogP) is 1.21. The number of aromatic nitrogens is 2. The third-order valence-electron chi connectivity index (χ3n) is 3.55. The van der Waals surface area contributed by atoms with Crippen LogP contribution in [0.4, 0.5) is 0 Å². The zero-order valence-electron chi connectivity index (χ0n) is 9.98. The molecule has 3 rings (SSSR count). The van der Waals surface area contributed by atoms with Crippen LogP contribution >= 0.6 is 0 Å². The van der Waals surface area contributed by atoms with Crippen molar-refractivity contribution in [1.82, 2.24) is 10.2 Å². The Kier molecular flexibility index (Phi) is 3.10. The van der Waals surface area contributed by atoms with E-state index in [2.05, 4.69) is 34.5 Å². The summed E-state index contributed by atoms with van der Waals surface area (Å²) in [5.41, 5.74) is 1.23. The quantitative estimate of drug-likeness (QED) is 0.787. The van der Waals surface area contributed by atoms with Crippen molar-refractivity contribution in [2.45, 2.75) is 31.6 Å². The van der Waals surface area contributed by atoms with Crippen molar-refractivity contribution in [3.05, 3.63) is 28.4 Å². The number of H-pyrrole nitrogens is 1. The molecule has 1 aromatic heterocycles. The second kappa shape index (κ2) is 4.88. The molecule has 3 heteroatoms. The number of hydrogen-bond donors (Lipinski definition) is 1. The average molecular weight is 230 g/mol. The zero-order valence-corrected chi connectivity index (χ0v) is 9.98. The molecule has 1 fully saturated rings. The van der Waals surface area contributed by atoms with Gasteiger partial charge in [0.15, 0.2) is 0 Å². The van der Waals surface area contributed by atoms with E-state index < -0.39 is 0 Å². The summed E-state index contributed by atoms with van der Waals surface area (Å²) in [6.45, 7) is 1.73. The van der Waals surface area contributed by atoms with Gasteiger partial charge in [0.1, 0.15) is 0 Å². The summed E-state index contributed by atoms with van der Waals surface area (Å²) in [6.07, 6.45) is 13.2. The highest BCUT2D eigenvalue weighted by Crippen LogP contribution is 2.22. The van der Waals surface area contributed by atoms with E-state index in [4.69, 9.17) is 4.74 Å². The summed E-state index contributed by atoms with van der Waals surface area (Å²) in [5.74, 6) is 0.557. The van der Waals surface area contributed by atoms with Gasteiger partial charge >= 0.3 is 0 Å². The molecule has 2 heterocycles. The maximum absolute atomic E-state index is 5.42. The molecule has 1 N–H and O–H groups in total. The minimum atomic E-state index is 0.557. The Bertz CT molecular complexity index is 521. The molecule has 17 heavy (non-hydrogen) atoms. The lowest BCUT2D eigenvalue weighted by Gasteiger charge is -2.20. The van der Waals surface area contributed by atoms with Crippen molar-refractivity contribution in [3.8, 4) is 0 Å².